The first-order valence-electron chi connectivity index (χ1n) is 3.86. The van der Waals surface area contributed by atoms with Crippen LogP contribution in [-0.4, -0.2) is 0 Å². The Morgan fingerprint density at radius 2 is 2.00 bits per heavy atom. The van der Waals surface area contributed by atoms with Gasteiger partial charge in [-0.3, -0.25) is 0 Å². The van der Waals surface area contributed by atoms with Gasteiger partial charge in [-0.15, -0.1) is 0 Å². The van der Waals surface area contributed by atoms with Crippen LogP contribution in [0, 0.1) is 18.8 Å². The lowest BCUT2D eigenvalue weighted by atomic mass is 10.2. The third kappa shape index (κ3) is 2.64. The van der Waals surface area contributed by atoms with E-state index in [9.17, 15) is 0 Å². The van der Waals surface area contributed by atoms with Crippen molar-refractivity contribution in [1.82, 2.24) is 0 Å². The summed E-state index contributed by atoms with van der Waals surface area (Å²) in [5.41, 5.74) is 2.04. The standard InChI is InChI=1S/C12H11/c1-3-11(2)9-10-12-7-5-4-6-8-12/h3-8H,1H2,2H3. The maximum absolute atomic E-state index is 3.63. The van der Waals surface area contributed by atoms with Gasteiger partial charge in [0.25, 0.3) is 0 Å². The van der Waals surface area contributed by atoms with E-state index in [4.69, 9.17) is 0 Å². The highest BCUT2D eigenvalue weighted by molar-refractivity contribution is 5.39. The molecule has 0 spiro atoms. The normalized spacial score (nSPS) is 10.3. The Morgan fingerprint density at radius 1 is 1.33 bits per heavy atom. The lowest BCUT2D eigenvalue weighted by Gasteiger charge is -1.86. The molecule has 59 valence electrons. The molecule has 0 aliphatic heterocycles. The molecule has 0 fully saturated rings. The Hall–Kier alpha value is -1.48. The van der Waals surface area contributed by atoms with Crippen molar-refractivity contribution < 1.29 is 0 Å². The van der Waals surface area contributed by atoms with Gasteiger partial charge in [-0.1, -0.05) is 36.1 Å². The lowest BCUT2D eigenvalue weighted by Crippen LogP contribution is -1.71. The van der Waals surface area contributed by atoms with Crippen LogP contribution < -0.4 is 0 Å². The van der Waals surface area contributed by atoms with Crippen LogP contribution in [0.15, 0.2) is 42.0 Å². The molecule has 1 aromatic carbocycles. The molecule has 0 amide bonds. The average Bonchev–Trinajstić information content (AvgIpc) is 2.16. The topological polar surface area (TPSA) is 0 Å². The van der Waals surface area contributed by atoms with E-state index in [0.717, 1.165) is 11.1 Å². The highest BCUT2D eigenvalue weighted by atomic mass is 13.8. The Balaban J connectivity index is 2.81. The maximum atomic E-state index is 3.63. The van der Waals surface area contributed by atoms with E-state index in [0.29, 0.717) is 0 Å². The van der Waals surface area contributed by atoms with Crippen LogP contribution in [0.4, 0.5) is 0 Å². The van der Waals surface area contributed by atoms with Crippen molar-refractivity contribution in [3.63, 3.8) is 0 Å². The summed E-state index contributed by atoms with van der Waals surface area (Å²) in [6.45, 7) is 5.58. The molecule has 0 N–H and O–H groups in total. The van der Waals surface area contributed by atoms with Crippen molar-refractivity contribution in [2.24, 2.45) is 0 Å². The van der Waals surface area contributed by atoms with Gasteiger partial charge in [-0.2, -0.15) is 0 Å². The molecule has 1 radical (unpaired) electrons. The lowest BCUT2D eigenvalue weighted by molar-refractivity contribution is 1.57. The number of rotatable bonds is 0. The molecule has 0 aromatic heterocycles. The summed E-state index contributed by atoms with van der Waals surface area (Å²) < 4.78 is 0. The van der Waals surface area contributed by atoms with E-state index >= 15 is 0 Å². The molecule has 12 heavy (non-hydrogen) atoms. The first-order valence-corrected chi connectivity index (χ1v) is 3.86. The number of allylic oxidation sites excluding steroid dienone is 2. The molecule has 0 aliphatic rings. The van der Waals surface area contributed by atoms with Gasteiger partial charge in [-0.05, 0) is 31.6 Å². The predicted molar refractivity (Wildman–Crippen MR) is 52.4 cm³/mol. The van der Waals surface area contributed by atoms with Crippen LogP contribution >= 0.6 is 0 Å². The molecule has 1 aromatic rings. The third-order valence-corrected chi connectivity index (χ3v) is 1.48. The fourth-order valence-corrected chi connectivity index (χ4v) is 0.743. The fourth-order valence-electron chi connectivity index (χ4n) is 0.743. The second-order valence-corrected chi connectivity index (χ2v) is 2.50. The monoisotopic (exact) mass is 155 g/mol. The zero-order valence-electron chi connectivity index (χ0n) is 7.17. The minimum absolute atomic E-state index is 0.999. The minimum Gasteiger partial charge on any atom is -0.0729 e. The van der Waals surface area contributed by atoms with Crippen molar-refractivity contribution in [1.29, 1.82) is 0 Å². The van der Waals surface area contributed by atoms with Crippen molar-refractivity contribution in [3.8, 4) is 11.8 Å². The molecule has 0 saturated heterocycles. The van der Waals surface area contributed by atoms with Gasteiger partial charge in [0.2, 0.25) is 0 Å². The molecule has 0 heteroatoms. The summed E-state index contributed by atoms with van der Waals surface area (Å²) in [4.78, 5) is 0. The predicted octanol–water partition coefficient (Wildman–Crippen LogP) is 2.82. The maximum Gasteiger partial charge on any atom is 0.0248 e. The summed E-state index contributed by atoms with van der Waals surface area (Å²) in [6, 6.07) is 9.92. The van der Waals surface area contributed by atoms with Gasteiger partial charge >= 0.3 is 0 Å². The molecule has 0 bridgehead atoms. The summed E-state index contributed by atoms with van der Waals surface area (Å²) in [5, 5.41) is 0. The molecule has 0 heterocycles. The van der Waals surface area contributed by atoms with E-state index in [-0.39, 0.29) is 0 Å². The second-order valence-electron chi connectivity index (χ2n) is 2.50. The van der Waals surface area contributed by atoms with Crippen molar-refractivity contribution in [2.75, 3.05) is 0 Å². The Labute approximate surface area is 73.9 Å². The van der Waals surface area contributed by atoms with Gasteiger partial charge in [0, 0.05) is 5.56 Å². The quantitative estimate of drug-likeness (QED) is 0.505. The highest BCUT2D eigenvalue weighted by Gasteiger charge is 1.80. The number of hydrogen-bond acceptors (Lipinski definition) is 0. The van der Waals surface area contributed by atoms with E-state index in [1.165, 1.54) is 0 Å². The van der Waals surface area contributed by atoms with Crippen LogP contribution in [0.5, 0.6) is 0 Å². The van der Waals surface area contributed by atoms with Gasteiger partial charge < -0.3 is 0 Å². The average molecular weight is 155 g/mol. The van der Waals surface area contributed by atoms with Crippen molar-refractivity contribution in [2.45, 2.75) is 6.92 Å². The molecule has 1 rings (SSSR count). The molecule has 0 aliphatic carbocycles. The highest BCUT2D eigenvalue weighted by Crippen LogP contribution is 1.96. The fraction of sp³-hybridized carbons (Fsp3) is 0.0833. The van der Waals surface area contributed by atoms with E-state index < -0.39 is 0 Å². The third-order valence-electron chi connectivity index (χ3n) is 1.48. The second kappa shape index (κ2) is 4.41. The number of hydrogen-bond donors (Lipinski definition) is 0. The van der Waals surface area contributed by atoms with Crippen LogP contribution in [-0.2, 0) is 0 Å². The van der Waals surface area contributed by atoms with Crippen molar-refractivity contribution in [3.05, 3.63) is 54.5 Å². The summed E-state index contributed by atoms with van der Waals surface area (Å²) in [6.07, 6.45) is 1.76. The summed E-state index contributed by atoms with van der Waals surface area (Å²) in [7, 11) is 0. The SMILES string of the molecule is [CH2]C=C(C)C#Cc1ccccc1. The molecule has 0 unspecified atom stereocenters. The smallest absolute Gasteiger partial charge is 0.0248 e. The van der Waals surface area contributed by atoms with Crippen LogP contribution in [0.25, 0.3) is 0 Å². The molecule has 0 saturated carbocycles. The van der Waals surface area contributed by atoms with Gasteiger partial charge in [0.1, 0.15) is 0 Å². The van der Waals surface area contributed by atoms with E-state index in [2.05, 4.69) is 18.8 Å². The molecular weight excluding hydrogens is 144 g/mol. The van der Waals surface area contributed by atoms with Crippen molar-refractivity contribution >= 4 is 0 Å². The largest absolute Gasteiger partial charge is 0.0729 e. The van der Waals surface area contributed by atoms with E-state index in [1.54, 1.807) is 6.08 Å². The zero-order chi connectivity index (χ0) is 8.81. The minimum atomic E-state index is 0.999. The van der Waals surface area contributed by atoms with Gasteiger partial charge in [-0.25, -0.2) is 0 Å². The van der Waals surface area contributed by atoms with Gasteiger partial charge in [0.05, 0.1) is 0 Å². The zero-order valence-corrected chi connectivity index (χ0v) is 7.17. The molecule has 0 nitrogen and oxygen atoms in total. The molecule has 0 atom stereocenters. The first kappa shape index (κ1) is 8.62. The Morgan fingerprint density at radius 3 is 2.58 bits per heavy atom. The van der Waals surface area contributed by atoms with Gasteiger partial charge in [0.15, 0.2) is 0 Å². The molecular formula is C12H11. The number of benzene rings is 1. The van der Waals surface area contributed by atoms with E-state index in [1.807, 2.05) is 37.3 Å². The summed E-state index contributed by atoms with van der Waals surface area (Å²) in [5.74, 6) is 6.03. The van der Waals surface area contributed by atoms with Crippen LogP contribution in [0.2, 0.25) is 0 Å². The first-order chi connectivity index (χ1) is 5.83. The summed E-state index contributed by atoms with van der Waals surface area (Å²) >= 11 is 0. The Kier molecular flexibility index (Phi) is 3.17. The van der Waals surface area contributed by atoms with Crippen LogP contribution in [0.3, 0.4) is 0 Å². The Bertz CT molecular complexity index is 320. The van der Waals surface area contributed by atoms with Crippen LogP contribution in [0.1, 0.15) is 12.5 Å².